The van der Waals surface area contributed by atoms with Crippen LogP contribution in [0, 0.1) is 0 Å². The number of halogens is 2. The summed E-state index contributed by atoms with van der Waals surface area (Å²) in [5.41, 5.74) is -0.0860. The van der Waals surface area contributed by atoms with Gasteiger partial charge in [-0.25, -0.2) is 8.78 Å². The standard InChI is InChI=1S/C11H17F2NS/c1-8(10(12)13)14-7-11(2,3)9-5-4-6-15-9/h4-6,8,10,14H,7H2,1-3H3. The van der Waals surface area contributed by atoms with Crippen LogP contribution in [0.3, 0.4) is 0 Å². The summed E-state index contributed by atoms with van der Waals surface area (Å²) >= 11 is 1.66. The van der Waals surface area contributed by atoms with Crippen LogP contribution >= 0.6 is 11.3 Å². The van der Waals surface area contributed by atoms with E-state index in [1.54, 1.807) is 11.3 Å². The molecule has 1 N–H and O–H groups in total. The van der Waals surface area contributed by atoms with E-state index in [1.807, 2.05) is 17.5 Å². The fraction of sp³-hybridized carbons (Fsp3) is 0.636. The monoisotopic (exact) mass is 233 g/mol. The lowest BCUT2D eigenvalue weighted by Gasteiger charge is -2.26. The molecule has 1 aromatic heterocycles. The van der Waals surface area contributed by atoms with Crippen LogP contribution in [0.15, 0.2) is 17.5 Å². The van der Waals surface area contributed by atoms with Crippen LogP contribution in [0.2, 0.25) is 0 Å². The highest BCUT2D eigenvalue weighted by Crippen LogP contribution is 2.26. The Morgan fingerprint density at radius 2 is 2.13 bits per heavy atom. The van der Waals surface area contributed by atoms with E-state index in [4.69, 9.17) is 0 Å². The van der Waals surface area contributed by atoms with Crippen molar-refractivity contribution in [3.8, 4) is 0 Å². The first-order valence-corrected chi connectivity index (χ1v) is 5.87. The zero-order valence-corrected chi connectivity index (χ0v) is 10.1. The molecule has 0 bridgehead atoms. The minimum absolute atomic E-state index is 0.0860. The third-order valence-electron chi connectivity index (χ3n) is 2.43. The summed E-state index contributed by atoms with van der Waals surface area (Å²) in [5.74, 6) is 0. The molecule has 0 radical (unpaired) electrons. The first kappa shape index (κ1) is 12.6. The van der Waals surface area contributed by atoms with Crippen molar-refractivity contribution in [2.24, 2.45) is 0 Å². The van der Waals surface area contributed by atoms with E-state index in [9.17, 15) is 8.78 Å². The molecule has 0 saturated heterocycles. The zero-order valence-electron chi connectivity index (χ0n) is 9.26. The van der Waals surface area contributed by atoms with Gasteiger partial charge in [0.05, 0.1) is 6.04 Å². The maximum atomic E-state index is 12.3. The Kier molecular flexibility index (Phi) is 4.22. The highest BCUT2D eigenvalue weighted by Gasteiger charge is 2.24. The maximum Gasteiger partial charge on any atom is 0.253 e. The van der Waals surface area contributed by atoms with E-state index < -0.39 is 12.5 Å². The summed E-state index contributed by atoms with van der Waals surface area (Å²) < 4.78 is 24.6. The molecular weight excluding hydrogens is 216 g/mol. The largest absolute Gasteiger partial charge is 0.308 e. The van der Waals surface area contributed by atoms with Crippen LogP contribution in [0.4, 0.5) is 8.78 Å². The fourth-order valence-corrected chi connectivity index (χ4v) is 2.11. The van der Waals surface area contributed by atoms with E-state index in [0.29, 0.717) is 6.54 Å². The number of rotatable bonds is 5. The van der Waals surface area contributed by atoms with Crippen LogP contribution in [0.5, 0.6) is 0 Å². The van der Waals surface area contributed by atoms with Crippen molar-refractivity contribution in [3.63, 3.8) is 0 Å². The topological polar surface area (TPSA) is 12.0 Å². The molecule has 86 valence electrons. The van der Waals surface area contributed by atoms with E-state index in [-0.39, 0.29) is 5.41 Å². The van der Waals surface area contributed by atoms with Crippen LogP contribution in [0.25, 0.3) is 0 Å². The Balaban J connectivity index is 2.51. The first-order valence-electron chi connectivity index (χ1n) is 4.99. The normalized spacial score (nSPS) is 14.5. The lowest BCUT2D eigenvalue weighted by Crippen LogP contribution is -2.40. The van der Waals surface area contributed by atoms with E-state index in [2.05, 4.69) is 19.2 Å². The van der Waals surface area contributed by atoms with Crippen molar-refractivity contribution in [2.45, 2.75) is 38.7 Å². The second-order valence-electron chi connectivity index (χ2n) is 4.37. The van der Waals surface area contributed by atoms with Crippen LogP contribution in [-0.4, -0.2) is 19.0 Å². The van der Waals surface area contributed by atoms with Crippen molar-refractivity contribution in [2.75, 3.05) is 6.54 Å². The smallest absolute Gasteiger partial charge is 0.253 e. The molecule has 1 unspecified atom stereocenters. The minimum Gasteiger partial charge on any atom is -0.308 e. The van der Waals surface area contributed by atoms with Gasteiger partial charge in [0.25, 0.3) is 6.43 Å². The van der Waals surface area contributed by atoms with Gasteiger partial charge in [-0.2, -0.15) is 0 Å². The van der Waals surface area contributed by atoms with Crippen LogP contribution in [-0.2, 0) is 5.41 Å². The Morgan fingerprint density at radius 1 is 1.47 bits per heavy atom. The van der Waals surface area contributed by atoms with E-state index in [0.717, 1.165) is 0 Å². The van der Waals surface area contributed by atoms with Gasteiger partial charge in [-0.3, -0.25) is 0 Å². The van der Waals surface area contributed by atoms with Gasteiger partial charge in [0.15, 0.2) is 0 Å². The number of thiophene rings is 1. The lowest BCUT2D eigenvalue weighted by atomic mass is 9.91. The predicted octanol–water partition coefficient (Wildman–Crippen LogP) is 3.27. The Labute approximate surface area is 93.5 Å². The zero-order chi connectivity index (χ0) is 11.5. The average molecular weight is 233 g/mol. The molecule has 0 aliphatic heterocycles. The quantitative estimate of drug-likeness (QED) is 0.823. The SMILES string of the molecule is CC(NCC(C)(C)c1cccs1)C(F)F. The van der Waals surface area contributed by atoms with Gasteiger partial charge in [0, 0.05) is 16.8 Å². The molecule has 0 fully saturated rings. The molecule has 1 rings (SSSR count). The summed E-state index contributed by atoms with van der Waals surface area (Å²) in [6.45, 7) is 6.20. The highest BCUT2D eigenvalue weighted by molar-refractivity contribution is 7.10. The molecule has 1 heterocycles. The third-order valence-corrected chi connectivity index (χ3v) is 3.67. The molecule has 0 amide bonds. The van der Waals surface area contributed by atoms with Crippen molar-refractivity contribution in [1.29, 1.82) is 0 Å². The summed E-state index contributed by atoms with van der Waals surface area (Å²) in [7, 11) is 0. The molecule has 0 aromatic carbocycles. The summed E-state index contributed by atoms with van der Waals surface area (Å²) in [6, 6.07) is 3.28. The Hall–Kier alpha value is -0.480. The first-order chi connectivity index (χ1) is 6.93. The predicted molar refractivity (Wildman–Crippen MR) is 60.8 cm³/mol. The van der Waals surface area contributed by atoms with E-state index in [1.165, 1.54) is 11.8 Å². The number of hydrogen-bond donors (Lipinski definition) is 1. The van der Waals surface area contributed by atoms with Gasteiger partial charge in [0.2, 0.25) is 0 Å². The average Bonchev–Trinajstić information content (AvgIpc) is 2.67. The Bertz CT molecular complexity index is 283. The second-order valence-corrected chi connectivity index (χ2v) is 5.31. The lowest BCUT2D eigenvalue weighted by molar-refractivity contribution is 0.104. The molecule has 0 aliphatic carbocycles. The van der Waals surface area contributed by atoms with Gasteiger partial charge < -0.3 is 5.32 Å². The molecule has 1 aromatic rings. The number of alkyl halides is 2. The second kappa shape index (κ2) is 5.03. The van der Waals surface area contributed by atoms with Crippen molar-refractivity contribution < 1.29 is 8.78 Å². The molecule has 15 heavy (non-hydrogen) atoms. The minimum atomic E-state index is -2.30. The molecule has 0 saturated carbocycles. The molecule has 0 spiro atoms. The van der Waals surface area contributed by atoms with Gasteiger partial charge in [-0.15, -0.1) is 11.3 Å². The molecule has 1 atom stereocenters. The van der Waals surface area contributed by atoms with Gasteiger partial charge in [-0.1, -0.05) is 19.9 Å². The van der Waals surface area contributed by atoms with Crippen LogP contribution < -0.4 is 5.32 Å². The molecule has 4 heteroatoms. The van der Waals surface area contributed by atoms with Crippen molar-refractivity contribution >= 4 is 11.3 Å². The van der Waals surface area contributed by atoms with Crippen molar-refractivity contribution in [1.82, 2.24) is 5.32 Å². The number of nitrogens with one attached hydrogen (secondary N) is 1. The van der Waals surface area contributed by atoms with Crippen LogP contribution in [0.1, 0.15) is 25.6 Å². The highest BCUT2D eigenvalue weighted by atomic mass is 32.1. The van der Waals surface area contributed by atoms with Gasteiger partial charge in [-0.05, 0) is 18.4 Å². The summed E-state index contributed by atoms with van der Waals surface area (Å²) in [5, 5.41) is 4.87. The third kappa shape index (κ3) is 3.54. The molecule has 0 aliphatic rings. The fourth-order valence-electron chi connectivity index (χ4n) is 1.26. The number of hydrogen-bond acceptors (Lipinski definition) is 2. The summed E-state index contributed by atoms with van der Waals surface area (Å²) in [6.07, 6.45) is -2.30. The maximum absolute atomic E-state index is 12.3. The van der Waals surface area contributed by atoms with Gasteiger partial charge >= 0.3 is 0 Å². The summed E-state index contributed by atoms with van der Waals surface area (Å²) in [4.78, 5) is 1.22. The van der Waals surface area contributed by atoms with Gasteiger partial charge in [0.1, 0.15) is 0 Å². The molecule has 1 nitrogen and oxygen atoms in total. The molecular formula is C11H17F2NS. The van der Waals surface area contributed by atoms with Crippen molar-refractivity contribution in [3.05, 3.63) is 22.4 Å². The van der Waals surface area contributed by atoms with E-state index >= 15 is 0 Å². The Morgan fingerprint density at radius 3 is 2.60 bits per heavy atom.